The molecule has 8 heteroatoms. The van der Waals surface area contributed by atoms with Gasteiger partial charge in [0.1, 0.15) is 0 Å². The van der Waals surface area contributed by atoms with E-state index in [1.54, 1.807) is 42.7 Å². The Hall–Kier alpha value is -2.29. The molecule has 0 bridgehead atoms. The molecule has 7 nitrogen and oxygen atoms in total. The highest BCUT2D eigenvalue weighted by molar-refractivity contribution is 7.88. The van der Waals surface area contributed by atoms with Crippen LogP contribution in [0.1, 0.15) is 27.5 Å². The number of rotatable bonds is 5. The van der Waals surface area contributed by atoms with E-state index in [1.165, 1.54) is 11.4 Å². The van der Waals surface area contributed by atoms with Crippen LogP contribution in [0.5, 0.6) is 0 Å². The van der Waals surface area contributed by atoms with Crippen LogP contribution in [0, 0.1) is 0 Å². The SMILES string of the molecule is COC(=O)c1cccc(CS(=O)(=O)N2CCNCC2c2cccnc2)c1. The third kappa shape index (κ3) is 4.09. The number of pyridine rings is 1. The number of aromatic nitrogens is 1. The van der Waals surface area contributed by atoms with Crippen LogP contribution in [0.2, 0.25) is 0 Å². The highest BCUT2D eigenvalue weighted by atomic mass is 32.2. The number of sulfonamides is 1. The van der Waals surface area contributed by atoms with Gasteiger partial charge in [-0.25, -0.2) is 13.2 Å². The third-order valence-electron chi connectivity index (χ3n) is 4.32. The number of carbonyl (C=O) groups excluding carboxylic acids is 1. The van der Waals surface area contributed by atoms with Crippen LogP contribution in [0.15, 0.2) is 48.8 Å². The number of piperazine rings is 1. The predicted octanol–water partition coefficient (Wildman–Crippen LogP) is 1.34. The molecule has 0 saturated carbocycles. The lowest BCUT2D eigenvalue weighted by molar-refractivity contribution is 0.0600. The molecule has 2 heterocycles. The zero-order chi connectivity index (χ0) is 18.6. The summed E-state index contributed by atoms with van der Waals surface area (Å²) in [5, 5.41) is 3.24. The fourth-order valence-electron chi connectivity index (χ4n) is 3.08. The van der Waals surface area contributed by atoms with Crippen LogP contribution < -0.4 is 5.32 Å². The Labute approximate surface area is 153 Å². The van der Waals surface area contributed by atoms with Crippen molar-refractivity contribution in [1.29, 1.82) is 0 Å². The minimum atomic E-state index is -3.57. The van der Waals surface area contributed by atoms with Crippen LogP contribution in [-0.2, 0) is 20.5 Å². The molecule has 1 saturated heterocycles. The molecule has 0 spiro atoms. The van der Waals surface area contributed by atoms with Gasteiger partial charge in [-0.2, -0.15) is 4.31 Å². The molecule has 26 heavy (non-hydrogen) atoms. The Kier molecular flexibility index (Phi) is 5.65. The summed E-state index contributed by atoms with van der Waals surface area (Å²) in [6.45, 7) is 1.52. The van der Waals surface area contributed by atoms with E-state index in [2.05, 4.69) is 10.3 Å². The number of methoxy groups -OCH3 is 1. The maximum Gasteiger partial charge on any atom is 0.337 e. The molecular formula is C18H21N3O4S. The van der Waals surface area contributed by atoms with E-state index in [-0.39, 0.29) is 11.8 Å². The highest BCUT2D eigenvalue weighted by Gasteiger charge is 2.33. The van der Waals surface area contributed by atoms with Crippen LogP contribution >= 0.6 is 0 Å². The Bertz CT molecular complexity index is 871. The zero-order valence-electron chi connectivity index (χ0n) is 14.5. The Balaban J connectivity index is 1.85. The van der Waals surface area contributed by atoms with Crippen molar-refractivity contribution in [3.8, 4) is 0 Å². The second-order valence-corrected chi connectivity index (χ2v) is 7.99. The van der Waals surface area contributed by atoms with Crippen LogP contribution in [0.4, 0.5) is 0 Å². The average Bonchev–Trinajstić information content (AvgIpc) is 2.68. The predicted molar refractivity (Wildman–Crippen MR) is 97.0 cm³/mol. The van der Waals surface area contributed by atoms with Crippen molar-refractivity contribution >= 4 is 16.0 Å². The van der Waals surface area contributed by atoms with Gasteiger partial charge in [0, 0.05) is 32.0 Å². The summed E-state index contributed by atoms with van der Waals surface area (Å²) < 4.78 is 32.3. The molecule has 0 amide bonds. The van der Waals surface area contributed by atoms with Gasteiger partial charge in [0.05, 0.1) is 24.5 Å². The number of carbonyl (C=O) groups is 1. The Morgan fingerprint density at radius 2 is 2.19 bits per heavy atom. The topological polar surface area (TPSA) is 88.6 Å². The molecule has 1 atom stereocenters. The van der Waals surface area contributed by atoms with Gasteiger partial charge in [-0.1, -0.05) is 18.2 Å². The molecule has 1 fully saturated rings. The van der Waals surface area contributed by atoms with Crippen molar-refractivity contribution in [2.24, 2.45) is 0 Å². The lowest BCUT2D eigenvalue weighted by Gasteiger charge is -2.35. The molecule has 1 aliphatic heterocycles. The van der Waals surface area contributed by atoms with Gasteiger partial charge in [-0.3, -0.25) is 4.98 Å². The molecule has 2 aromatic rings. The van der Waals surface area contributed by atoms with Gasteiger partial charge in [0.25, 0.3) is 0 Å². The molecule has 1 aromatic heterocycles. The van der Waals surface area contributed by atoms with Gasteiger partial charge in [0.2, 0.25) is 10.0 Å². The fraction of sp³-hybridized carbons (Fsp3) is 0.333. The van der Waals surface area contributed by atoms with Crippen molar-refractivity contribution in [3.63, 3.8) is 0 Å². The number of hydrogen-bond acceptors (Lipinski definition) is 6. The summed E-state index contributed by atoms with van der Waals surface area (Å²) in [6, 6.07) is 9.90. The first kappa shape index (κ1) is 18.5. The molecule has 0 aliphatic carbocycles. The Morgan fingerprint density at radius 3 is 2.92 bits per heavy atom. The highest BCUT2D eigenvalue weighted by Crippen LogP contribution is 2.26. The number of esters is 1. The average molecular weight is 375 g/mol. The largest absolute Gasteiger partial charge is 0.465 e. The monoisotopic (exact) mass is 375 g/mol. The van der Waals surface area contributed by atoms with Gasteiger partial charge in [0.15, 0.2) is 0 Å². The maximum absolute atomic E-state index is 13.1. The van der Waals surface area contributed by atoms with Gasteiger partial charge in [-0.05, 0) is 29.3 Å². The number of hydrogen-bond donors (Lipinski definition) is 1. The first-order valence-electron chi connectivity index (χ1n) is 8.28. The van der Waals surface area contributed by atoms with Gasteiger partial charge < -0.3 is 10.1 Å². The molecule has 1 N–H and O–H groups in total. The standard InChI is InChI=1S/C18H21N3O4S/c1-25-18(22)15-5-2-4-14(10-15)13-26(23,24)21-9-8-20-12-17(21)16-6-3-7-19-11-16/h2-7,10-11,17,20H,8-9,12-13H2,1H3. The molecule has 138 valence electrons. The van der Waals surface area contributed by atoms with E-state index in [0.717, 1.165) is 5.56 Å². The number of nitrogens with one attached hydrogen (secondary N) is 1. The number of nitrogens with zero attached hydrogens (tertiary/aromatic N) is 2. The second kappa shape index (κ2) is 7.94. The molecule has 0 radical (unpaired) electrons. The van der Waals surface area contributed by atoms with E-state index < -0.39 is 16.0 Å². The lowest BCUT2D eigenvalue weighted by atomic mass is 10.1. The lowest BCUT2D eigenvalue weighted by Crippen LogP contribution is -2.48. The fourth-order valence-corrected chi connectivity index (χ4v) is 4.80. The molecule has 3 rings (SSSR count). The first-order chi connectivity index (χ1) is 12.5. The minimum absolute atomic E-state index is 0.172. The third-order valence-corrected chi connectivity index (χ3v) is 6.17. The summed E-state index contributed by atoms with van der Waals surface area (Å²) in [5.41, 5.74) is 1.74. The quantitative estimate of drug-likeness (QED) is 0.794. The van der Waals surface area contributed by atoms with Crippen molar-refractivity contribution in [1.82, 2.24) is 14.6 Å². The molecule has 1 aliphatic rings. The van der Waals surface area contributed by atoms with Crippen molar-refractivity contribution in [2.45, 2.75) is 11.8 Å². The van der Waals surface area contributed by atoms with E-state index in [4.69, 9.17) is 4.74 Å². The smallest absolute Gasteiger partial charge is 0.337 e. The summed E-state index contributed by atoms with van der Waals surface area (Å²) in [7, 11) is -2.27. The summed E-state index contributed by atoms with van der Waals surface area (Å²) in [5.74, 6) is -0.658. The van der Waals surface area contributed by atoms with Crippen molar-refractivity contribution in [2.75, 3.05) is 26.7 Å². The maximum atomic E-state index is 13.1. The van der Waals surface area contributed by atoms with E-state index in [1.807, 2.05) is 6.07 Å². The summed E-state index contributed by atoms with van der Waals surface area (Å²) in [6.07, 6.45) is 3.36. The van der Waals surface area contributed by atoms with Crippen LogP contribution in [0.25, 0.3) is 0 Å². The Morgan fingerprint density at radius 1 is 1.35 bits per heavy atom. The van der Waals surface area contributed by atoms with Crippen LogP contribution in [0.3, 0.4) is 0 Å². The summed E-state index contributed by atoms with van der Waals surface area (Å²) in [4.78, 5) is 15.8. The van der Waals surface area contributed by atoms with Crippen molar-refractivity contribution < 1.29 is 17.9 Å². The second-order valence-electron chi connectivity index (χ2n) is 6.07. The van der Waals surface area contributed by atoms with Gasteiger partial charge >= 0.3 is 5.97 Å². The molecular weight excluding hydrogens is 354 g/mol. The number of benzene rings is 1. The first-order valence-corrected chi connectivity index (χ1v) is 9.89. The van der Waals surface area contributed by atoms with Crippen LogP contribution in [-0.4, -0.2) is 50.4 Å². The zero-order valence-corrected chi connectivity index (χ0v) is 15.3. The minimum Gasteiger partial charge on any atom is -0.465 e. The van der Waals surface area contributed by atoms with E-state index in [9.17, 15) is 13.2 Å². The molecule has 1 aromatic carbocycles. The summed E-state index contributed by atoms with van der Waals surface area (Å²) >= 11 is 0. The van der Waals surface area contributed by atoms with E-state index >= 15 is 0 Å². The molecule has 1 unspecified atom stereocenters. The van der Waals surface area contributed by atoms with Crippen molar-refractivity contribution in [3.05, 3.63) is 65.5 Å². The normalized spacial score (nSPS) is 18.4. The van der Waals surface area contributed by atoms with E-state index in [0.29, 0.717) is 30.8 Å². The van der Waals surface area contributed by atoms with Gasteiger partial charge in [-0.15, -0.1) is 0 Å². The number of ether oxygens (including phenoxy) is 1.